The Morgan fingerprint density at radius 3 is 2.69 bits per heavy atom. The van der Waals surface area contributed by atoms with Gasteiger partial charge in [0, 0.05) is 66.3 Å². The van der Waals surface area contributed by atoms with E-state index in [0.717, 1.165) is 47.0 Å². The lowest BCUT2D eigenvalue weighted by Gasteiger charge is -2.33. The average Bonchev–Trinajstić information content (AvgIpc) is 3.62. The van der Waals surface area contributed by atoms with Crippen molar-refractivity contribution < 1.29 is 13.6 Å². The molecule has 8 nitrogen and oxygen atoms in total. The van der Waals surface area contributed by atoms with E-state index in [1.165, 1.54) is 0 Å². The molecule has 1 amide bonds. The van der Waals surface area contributed by atoms with Crippen molar-refractivity contribution in [2.24, 2.45) is 5.92 Å². The van der Waals surface area contributed by atoms with Crippen LogP contribution in [-0.4, -0.2) is 49.5 Å². The fourth-order valence-corrected chi connectivity index (χ4v) is 4.56. The number of nitrogens with zero attached hydrogens (tertiary/aromatic N) is 6. The number of rotatable bonds is 5. The van der Waals surface area contributed by atoms with Crippen LogP contribution in [-0.2, 0) is 11.2 Å². The second kappa shape index (κ2) is 8.21. The van der Waals surface area contributed by atoms with Crippen LogP contribution in [0.1, 0.15) is 38.3 Å². The minimum atomic E-state index is -2.59. The number of hydrogen-bond donors (Lipinski definition) is 1. The van der Waals surface area contributed by atoms with Crippen molar-refractivity contribution in [3.8, 4) is 11.4 Å². The number of nitrogens with one attached hydrogen (secondary N) is 1. The number of aryl methyl sites for hydroxylation is 1. The number of amides is 1. The zero-order valence-corrected chi connectivity index (χ0v) is 19.3. The van der Waals surface area contributed by atoms with E-state index in [2.05, 4.69) is 20.4 Å². The fourth-order valence-electron chi connectivity index (χ4n) is 4.56. The first kappa shape index (κ1) is 21.8. The molecule has 1 aliphatic carbocycles. The number of alkyl halides is 2. The molecule has 1 N–H and O–H groups in total. The zero-order chi connectivity index (χ0) is 24.2. The molecule has 180 valence electrons. The van der Waals surface area contributed by atoms with Crippen molar-refractivity contribution >= 4 is 33.8 Å². The standard InChI is InChI=1S/C25H25F2N7O/c1-2-20-18-12-29-21(30-24(35)15-3-4-15)11-17(18)19(13-28-20)23-31-22-6-5-16(14-34(22)32-23)33-9-7-25(26,27)8-10-33/h5-6,11-15H,2-4,7-10H2,1H3,(H,29,30,35). The Labute approximate surface area is 200 Å². The van der Waals surface area contributed by atoms with Crippen LogP contribution in [0.3, 0.4) is 0 Å². The number of fused-ring (bicyclic) bond motifs is 2. The lowest BCUT2D eigenvalue weighted by Crippen LogP contribution is -2.39. The molecule has 1 saturated carbocycles. The molecule has 1 aliphatic heterocycles. The zero-order valence-electron chi connectivity index (χ0n) is 19.3. The Morgan fingerprint density at radius 2 is 1.94 bits per heavy atom. The van der Waals surface area contributed by atoms with Gasteiger partial charge in [-0.3, -0.25) is 9.78 Å². The van der Waals surface area contributed by atoms with Gasteiger partial charge in [0.05, 0.1) is 11.9 Å². The normalized spacial score (nSPS) is 17.7. The van der Waals surface area contributed by atoms with Crippen LogP contribution in [0, 0.1) is 5.92 Å². The molecule has 35 heavy (non-hydrogen) atoms. The van der Waals surface area contributed by atoms with Crippen molar-refractivity contribution in [2.45, 2.75) is 45.0 Å². The monoisotopic (exact) mass is 477 g/mol. The molecule has 2 fully saturated rings. The third-order valence-corrected chi connectivity index (χ3v) is 6.81. The van der Waals surface area contributed by atoms with Crippen LogP contribution in [0.2, 0.25) is 0 Å². The number of hydrogen-bond acceptors (Lipinski definition) is 6. The highest BCUT2D eigenvalue weighted by Crippen LogP contribution is 2.33. The Bertz CT molecular complexity index is 1440. The summed E-state index contributed by atoms with van der Waals surface area (Å²) in [6.07, 6.45) is 7.61. The summed E-state index contributed by atoms with van der Waals surface area (Å²) in [6.45, 7) is 2.64. The first-order valence-corrected chi connectivity index (χ1v) is 12.0. The summed E-state index contributed by atoms with van der Waals surface area (Å²) in [6, 6.07) is 5.59. The number of carbonyl (C=O) groups excluding carboxylic acids is 1. The first-order valence-electron chi connectivity index (χ1n) is 12.0. The van der Waals surface area contributed by atoms with Gasteiger partial charge in [0.1, 0.15) is 5.82 Å². The van der Waals surface area contributed by atoms with Crippen molar-refractivity contribution in [2.75, 3.05) is 23.3 Å². The summed E-state index contributed by atoms with van der Waals surface area (Å²) in [7, 11) is 0. The number of carbonyl (C=O) groups is 1. The number of aromatic nitrogens is 5. The largest absolute Gasteiger partial charge is 0.370 e. The molecule has 0 radical (unpaired) electrons. The van der Waals surface area contributed by atoms with Gasteiger partial charge in [0.25, 0.3) is 5.92 Å². The third kappa shape index (κ3) is 4.17. The highest BCUT2D eigenvalue weighted by Gasteiger charge is 2.34. The van der Waals surface area contributed by atoms with Crippen LogP contribution >= 0.6 is 0 Å². The smallest absolute Gasteiger partial charge is 0.251 e. The van der Waals surface area contributed by atoms with Gasteiger partial charge in [0.2, 0.25) is 5.91 Å². The van der Waals surface area contributed by atoms with Crippen LogP contribution < -0.4 is 10.2 Å². The number of anilines is 2. The lowest BCUT2D eigenvalue weighted by atomic mass is 10.1. The molecular weight excluding hydrogens is 452 g/mol. The summed E-state index contributed by atoms with van der Waals surface area (Å²) in [4.78, 5) is 28.0. The molecule has 6 rings (SSSR count). The second-order valence-corrected chi connectivity index (χ2v) is 9.32. The Hall–Kier alpha value is -3.69. The lowest BCUT2D eigenvalue weighted by molar-refractivity contribution is -0.117. The maximum atomic E-state index is 13.6. The van der Waals surface area contributed by atoms with Crippen LogP contribution in [0.25, 0.3) is 27.8 Å². The average molecular weight is 478 g/mol. The summed E-state index contributed by atoms with van der Waals surface area (Å²) in [5, 5.41) is 9.36. The van der Waals surface area contributed by atoms with Crippen LogP contribution in [0.15, 0.2) is 36.8 Å². The maximum absolute atomic E-state index is 13.6. The number of pyridine rings is 3. The second-order valence-electron chi connectivity index (χ2n) is 9.32. The van der Waals surface area contributed by atoms with E-state index in [0.29, 0.717) is 30.4 Å². The molecule has 0 spiro atoms. The first-order chi connectivity index (χ1) is 16.9. The van der Waals surface area contributed by atoms with E-state index in [-0.39, 0.29) is 24.7 Å². The molecule has 2 aliphatic rings. The molecule has 0 unspecified atom stereocenters. The molecule has 0 bridgehead atoms. The van der Waals surface area contributed by atoms with E-state index in [1.54, 1.807) is 16.9 Å². The van der Waals surface area contributed by atoms with Gasteiger partial charge in [-0.2, -0.15) is 0 Å². The predicted molar refractivity (Wildman–Crippen MR) is 129 cm³/mol. The minimum Gasteiger partial charge on any atom is -0.370 e. The molecule has 5 heterocycles. The summed E-state index contributed by atoms with van der Waals surface area (Å²) in [5.41, 5.74) is 3.13. The van der Waals surface area contributed by atoms with Gasteiger partial charge < -0.3 is 10.2 Å². The summed E-state index contributed by atoms with van der Waals surface area (Å²) >= 11 is 0. The molecule has 1 saturated heterocycles. The fraction of sp³-hybridized carbons (Fsp3) is 0.400. The molecule has 4 aromatic rings. The van der Waals surface area contributed by atoms with E-state index in [4.69, 9.17) is 4.98 Å². The van der Waals surface area contributed by atoms with Crippen molar-refractivity contribution in [1.82, 2.24) is 24.6 Å². The molecule has 0 atom stereocenters. The Balaban J connectivity index is 1.37. The molecule has 4 aromatic heterocycles. The predicted octanol–water partition coefficient (Wildman–Crippen LogP) is 4.49. The third-order valence-electron chi connectivity index (χ3n) is 6.81. The Morgan fingerprint density at radius 1 is 1.14 bits per heavy atom. The summed E-state index contributed by atoms with van der Waals surface area (Å²) in [5.74, 6) is -1.52. The maximum Gasteiger partial charge on any atom is 0.251 e. The van der Waals surface area contributed by atoms with Crippen molar-refractivity contribution in [3.63, 3.8) is 0 Å². The highest BCUT2D eigenvalue weighted by molar-refractivity contribution is 6.00. The highest BCUT2D eigenvalue weighted by atomic mass is 19.3. The van der Waals surface area contributed by atoms with Gasteiger partial charge in [0.15, 0.2) is 11.5 Å². The quantitative estimate of drug-likeness (QED) is 0.456. The van der Waals surface area contributed by atoms with E-state index in [1.807, 2.05) is 36.2 Å². The van der Waals surface area contributed by atoms with Gasteiger partial charge in [-0.15, -0.1) is 5.10 Å². The van der Waals surface area contributed by atoms with E-state index >= 15 is 0 Å². The van der Waals surface area contributed by atoms with E-state index in [9.17, 15) is 13.6 Å². The van der Waals surface area contributed by atoms with Gasteiger partial charge >= 0.3 is 0 Å². The van der Waals surface area contributed by atoms with Gasteiger partial charge in [-0.25, -0.2) is 23.3 Å². The van der Waals surface area contributed by atoms with Gasteiger partial charge in [-0.05, 0) is 37.5 Å². The van der Waals surface area contributed by atoms with Gasteiger partial charge in [-0.1, -0.05) is 6.92 Å². The van der Waals surface area contributed by atoms with Crippen LogP contribution in [0.5, 0.6) is 0 Å². The molecular formula is C25H25F2N7O. The molecule has 10 heteroatoms. The van der Waals surface area contributed by atoms with Crippen molar-refractivity contribution in [1.29, 1.82) is 0 Å². The summed E-state index contributed by atoms with van der Waals surface area (Å²) < 4.78 is 28.8. The number of piperidine rings is 1. The Kier molecular flexibility index (Phi) is 5.12. The minimum absolute atomic E-state index is 0.00275. The van der Waals surface area contributed by atoms with Crippen molar-refractivity contribution in [3.05, 3.63) is 42.5 Å². The van der Waals surface area contributed by atoms with Crippen LogP contribution in [0.4, 0.5) is 20.3 Å². The number of halogens is 2. The topological polar surface area (TPSA) is 88.3 Å². The SMILES string of the molecule is CCc1ncc(-c2nc3ccc(N4CCC(F)(F)CC4)cn3n2)c2cc(NC(=O)C3CC3)ncc12. The van der Waals surface area contributed by atoms with E-state index < -0.39 is 5.92 Å². The molecule has 0 aromatic carbocycles.